The van der Waals surface area contributed by atoms with Crippen molar-refractivity contribution in [3.63, 3.8) is 0 Å². The van der Waals surface area contributed by atoms with Crippen molar-refractivity contribution in [3.05, 3.63) is 17.2 Å². The van der Waals surface area contributed by atoms with Crippen LogP contribution in [0, 0.1) is 0 Å². The van der Waals surface area contributed by atoms with E-state index in [9.17, 15) is 0 Å². The van der Waals surface area contributed by atoms with E-state index in [1.165, 1.54) is 12.8 Å². The lowest BCUT2D eigenvalue weighted by atomic mass is 10.1. The van der Waals surface area contributed by atoms with E-state index in [1.807, 2.05) is 0 Å². The van der Waals surface area contributed by atoms with Crippen LogP contribution in [0.3, 0.4) is 0 Å². The summed E-state index contributed by atoms with van der Waals surface area (Å²) in [6, 6.07) is -0.278. The Labute approximate surface area is 90.1 Å². The molecule has 2 rings (SSSR count). The average molecular weight is 209 g/mol. The van der Waals surface area contributed by atoms with Crippen LogP contribution in [-0.4, -0.2) is 21.3 Å². The largest absolute Gasteiger partial charge is 0.394 e. The molecule has 0 saturated carbocycles. The zero-order valence-corrected chi connectivity index (χ0v) is 9.24. The molecular formula is C11H19N3O. The van der Waals surface area contributed by atoms with Gasteiger partial charge in [-0.1, -0.05) is 6.92 Å². The molecule has 0 bridgehead atoms. The number of hydrogen-bond acceptors (Lipinski definition) is 3. The van der Waals surface area contributed by atoms with Crippen LogP contribution in [0.5, 0.6) is 0 Å². The van der Waals surface area contributed by atoms with Gasteiger partial charge >= 0.3 is 0 Å². The molecule has 1 aromatic rings. The van der Waals surface area contributed by atoms with Crippen LogP contribution in [0.15, 0.2) is 0 Å². The lowest BCUT2D eigenvalue weighted by Crippen LogP contribution is -2.22. The van der Waals surface area contributed by atoms with Crippen LogP contribution in [0.2, 0.25) is 0 Å². The number of aliphatic hydroxyl groups is 1. The topological polar surface area (TPSA) is 64.1 Å². The van der Waals surface area contributed by atoms with Gasteiger partial charge in [0, 0.05) is 13.0 Å². The highest BCUT2D eigenvalue weighted by molar-refractivity contribution is 5.22. The first kappa shape index (κ1) is 10.6. The molecule has 0 amide bonds. The summed E-state index contributed by atoms with van der Waals surface area (Å²) in [5.74, 6) is 1.15. The van der Waals surface area contributed by atoms with Crippen LogP contribution in [0.25, 0.3) is 0 Å². The molecule has 1 aliphatic heterocycles. The van der Waals surface area contributed by atoms with Gasteiger partial charge in [-0.2, -0.15) is 0 Å². The van der Waals surface area contributed by atoms with Gasteiger partial charge in [0.2, 0.25) is 0 Å². The molecule has 0 saturated heterocycles. The summed E-state index contributed by atoms with van der Waals surface area (Å²) in [4.78, 5) is 4.61. The summed E-state index contributed by atoms with van der Waals surface area (Å²) < 4.78 is 2.21. The van der Waals surface area contributed by atoms with Gasteiger partial charge in [-0.05, 0) is 19.3 Å². The van der Waals surface area contributed by atoms with Gasteiger partial charge < -0.3 is 15.4 Å². The molecule has 1 aromatic heterocycles. The molecule has 0 aromatic carbocycles. The third kappa shape index (κ3) is 1.79. The van der Waals surface area contributed by atoms with E-state index in [1.54, 1.807) is 0 Å². The SMILES string of the molecule is CCc1nc2n(c1C(N)CO)CCCC2. The summed E-state index contributed by atoms with van der Waals surface area (Å²) in [5, 5.41) is 9.16. The Bertz CT molecular complexity index is 346. The third-order valence-corrected chi connectivity index (χ3v) is 3.08. The molecule has 0 spiro atoms. The molecular weight excluding hydrogens is 190 g/mol. The second-order valence-corrected chi connectivity index (χ2v) is 4.11. The second kappa shape index (κ2) is 4.33. The molecule has 1 unspecified atom stereocenters. The molecule has 15 heavy (non-hydrogen) atoms. The number of nitrogens with zero attached hydrogens (tertiary/aromatic N) is 2. The van der Waals surface area contributed by atoms with E-state index in [4.69, 9.17) is 10.8 Å². The number of rotatable bonds is 3. The smallest absolute Gasteiger partial charge is 0.109 e. The number of nitrogens with two attached hydrogens (primary N) is 1. The molecule has 0 aliphatic carbocycles. The predicted molar refractivity (Wildman–Crippen MR) is 58.6 cm³/mol. The van der Waals surface area contributed by atoms with E-state index in [-0.39, 0.29) is 12.6 Å². The second-order valence-electron chi connectivity index (χ2n) is 4.11. The monoisotopic (exact) mass is 209 g/mol. The highest BCUT2D eigenvalue weighted by Gasteiger charge is 2.22. The van der Waals surface area contributed by atoms with E-state index in [2.05, 4.69) is 16.5 Å². The van der Waals surface area contributed by atoms with Crippen molar-refractivity contribution >= 4 is 0 Å². The fraction of sp³-hybridized carbons (Fsp3) is 0.727. The molecule has 1 atom stereocenters. The number of fused-ring (bicyclic) bond motifs is 1. The average Bonchev–Trinajstić information content (AvgIpc) is 2.66. The van der Waals surface area contributed by atoms with Gasteiger partial charge in [-0.15, -0.1) is 0 Å². The van der Waals surface area contributed by atoms with Crippen molar-refractivity contribution in [2.45, 2.75) is 45.2 Å². The Balaban J connectivity index is 2.44. The summed E-state index contributed by atoms with van der Waals surface area (Å²) in [5.41, 5.74) is 8.04. The summed E-state index contributed by atoms with van der Waals surface area (Å²) in [6.07, 6.45) is 4.35. The first-order valence-corrected chi connectivity index (χ1v) is 5.72. The summed E-state index contributed by atoms with van der Waals surface area (Å²) in [6.45, 7) is 3.09. The van der Waals surface area contributed by atoms with E-state index in [0.29, 0.717) is 0 Å². The fourth-order valence-corrected chi connectivity index (χ4v) is 2.32. The zero-order chi connectivity index (χ0) is 10.8. The lowest BCUT2D eigenvalue weighted by Gasteiger charge is -2.19. The maximum absolute atomic E-state index is 9.16. The van der Waals surface area contributed by atoms with Crippen molar-refractivity contribution in [2.24, 2.45) is 5.73 Å². The van der Waals surface area contributed by atoms with Crippen LogP contribution >= 0.6 is 0 Å². The van der Waals surface area contributed by atoms with Crippen molar-refractivity contribution in [2.75, 3.05) is 6.61 Å². The third-order valence-electron chi connectivity index (χ3n) is 3.08. The van der Waals surface area contributed by atoms with Crippen LogP contribution in [0.4, 0.5) is 0 Å². The van der Waals surface area contributed by atoms with Crippen molar-refractivity contribution in [1.82, 2.24) is 9.55 Å². The minimum Gasteiger partial charge on any atom is -0.394 e. The first-order chi connectivity index (χ1) is 7.27. The van der Waals surface area contributed by atoms with Gasteiger partial charge in [0.25, 0.3) is 0 Å². The standard InChI is InChI=1S/C11H19N3O/c1-2-9-11(8(12)7-15)14-6-4-3-5-10(14)13-9/h8,15H,2-7,12H2,1H3. The minimum absolute atomic E-state index is 0.00185. The molecule has 4 heteroatoms. The van der Waals surface area contributed by atoms with E-state index < -0.39 is 0 Å². The Hall–Kier alpha value is -0.870. The first-order valence-electron chi connectivity index (χ1n) is 5.72. The molecule has 4 nitrogen and oxygen atoms in total. The Morgan fingerprint density at radius 2 is 2.33 bits per heavy atom. The maximum atomic E-state index is 9.16. The number of hydrogen-bond donors (Lipinski definition) is 2. The zero-order valence-electron chi connectivity index (χ0n) is 9.24. The van der Waals surface area contributed by atoms with Crippen LogP contribution < -0.4 is 5.73 Å². The van der Waals surface area contributed by atoms with Crippen LogP contribution in [0.1, 0.15) is 43.0 Å². The summed E-state index contributed by atoms with van der Waals surface area (Å²) in [7, 11) is 0. The summed E-state index contributed by atoms with van der Waals surface area (Å²) >= 11 is 0. The molecule has 3 N–H and O–H groups in total. The van der Waals surface area contributed by atoms with Gasteiger partial charge in [-0.25, -0.2) is 4.98 Å². The Kier molecular flexibility index (Phi) is 3.07. The van der Waals surface area contributed by atoms with Crippen molar-refractivity contribution < 1.29 is 5.11 Å². The quantitative estimate of drug-likeness (QED) is 0.773. The number of aromatic nitrogens is 2. The highest BCUT2D eigenvalue weighted by atomic mass is 16.3. The van der Waals surface area contributed by atoms with Gasteiger partial charge in [0.05, 0.1) is 24.0 Å². The normalized spacial score (nSPS) is 17.5. The van der Waals surface area contributed by atoms with Gasteiger partial charge in [0.15, 0.2) is 0 Å². The molecule has 0 radical (unpaired) electrons. The molecule has 0 fully saturated rings. The van der Waals surface area contributed by atoms with Gasteiger partial charge in [-0.3, -0.25) is 0 Å². The Morgan fingerprint density at radius 1 is 1.53 bits per heavy atom. The van der Waals surface area contributed by atoms with Crippen molar-refractivity contribution in [3.8, 4) is 0 Å². The van der Waals surface area contributed by atoms with E-state index >= 15 is 0 Å². The number of aliphatic hydroxyl groups excluding tert-OH is 1. The van der Waals surface area contributed by atoms with Crippen molar-refractivity contribution in [1.29, 1.82) is 0 Å². The highest BCUT2D eigenvalue weighted by Crippen LogP contribution is 2.23. The number of imidazole rings is 1. The van der Waals surface area contributed by atoms with E-state index in [0.717, 1.165) is 36.6 Å². The predicted octanol–water partition coefficient (Wildman–Crippen LogP) is 0.774. The Morgan fingerprint density at radius 3 is 3.00 bits per heavy atom. The molecule has 1 aliphatic rings. The molecule has 2 heterocycles. The maximum Gasteiger partial charge on any atom is 0.109 e. The molecule has 84 valence electrons. The minimum atomic E-state index is -0.278. The van der Waals surface area contributed by atoms with Crippen LogP contribution in [-0.2, 0) is 19.4 Å². The number of aryl methyl sites for hydroxylation is 2. The fourth-order valence-electron chi connectivity index (χ4n) is 2.32. The van der Waals surface area contributed by atoms with Gasteiger partial charge in [0.1, 0.15) is 5.82 Å². The lowest BCUT2D eigenvalue weighted by molar-refractivity contribution is 0.261.